The van der Waals surface area contributed by atoms with Crippen molar-refractivity contribution in [3.63, 3.8) is 0 Å². The molecule has 84 valence electrons. The van der Waals surface area contributed by atoms with Crippen LogP contribution in [0.2, 0.25) is 0 Å². The van der Waals surface area contributed by atoms with E-state index in [0.29, 0.717) is 6.54 Å². The summed E-state index contributed by atoms with van der Waals surface area (Å²) in [6.45, 7) is 2.85. The van der Waals surface area contributed by atoms with Crippen molar-refractivity contribution in [3.8, 4) is 0 Å². The third-order valence-corrected chi connectivity index (χ3v) is 3.08. The maximum Gasteiger partial charge on any atom is 0.0184 e. The molecule has 2 aromatic carbocycles. The SMILES string of the molecule is CCCCc1ccc2cccc(CN)c2c1. The van der Waals surface area contributed by atoms with Crippen molar-refractivity contribution in [3.05, 3.63) is 47.5 Å². The van der Waals surface area contributed by atoms with E-state index in [9.17, 15) is 0 Å². The highest BCUT2D eigenvalue weighted by atomic mass is 14.5. The van der Waals surface area contributed by atoms with Crippen LogP contribution in [0.5, 0.6) is 0 Å². The lowest BCUT2D eigenvalue weighted by molar-refractivity contribution is 0.796. The first-order chi connectivity index (χ1) is 7.85. The van der Waals surface area contributed by atoms with E-state index in [0.717, 1.165) is 0 Å². The Bertz CT molecular complexity index is 474. The second kappa shape index (κ2) is 5.13. The van der Waals surface area contributed by atoms with Gasteiger partial charge in [0.15, 0.2) is 0 Å². The normalized spacial score (nSPS) is 10.9. The maximum atomic E-state index is 5.77. The highest BCUT2D eigenvalue weighted by Gasteiger charge is 2.00. The van der Waals surface area contributed by atoms with Crippen LogP contribution in [0.1, 0.15) is 30.9 Å². The van der Waals surface area contributed by atoms with Crippen LogP contribution in [-0.2, 0) is 13.0 Å². The minimum atomic E-state index is 0.620. The Balaban J connectivity index is 2.42. The zero-order valence-electron chi connectivity index (χ0n) is 9.87. The predicted octanol–water partition coefficient (Wildman–Crippen LogP) is 3.64. The van der Waals surface area contributed by atoms with Gasteiger partial charge in [-0.1, -0.05) is 49.7 Å². The Morgan fingerprint density at radius 3 is 2.75 bits per heavy atom. The van der Waals surface area contributed by atoms with Crippen LogP contribution < -0.4 is 5.73 Å². The van der Waals surface area contributed by atoms with E-state index >= 15 is 0 Å². The number of benzene rings is 2. The average Bonchev–Trinajstić information content (AvgIpc) is 2.35. The fraction of sp³-hybridized carbons (Fsp3) is 0.333. The number of nitrogens with two attached hydrogens (primary N) is 1. The van der Waals surface area contributed by atoms with Gasteiger partial charge in [0.2, 0.25) is 0 Å². The first kappa shape index (κ1) is 11.2. The smallest absolute Gasteiger partial charge is 0.0184 e. The van der Waals surface area contributed by atoms with E-state index in [1.54, 1.807) is 0 Å². The van der Waals surface area contributed by atoms with Gasteiger partial charge >= 0.3 is 0 Å². The summed E-state index contributed by atoms with van der Waals surface area (Å²) in [6, 6.07) is 13.1. The molecule has 2 rings (SSSR count). The third kappa shape index (κ3) is 2.25. The molecular formula is C15H19N. The molecule has 0 amide bonds. The Labute approximate surface area is 97.3 Å². The Kier molecular flexibility index (Phi) is 3.58. The summed E-state index contributed by atoms with van der Waals surface area (Å²) in [5.41, 5.74) is 8.44. The Morgan fingerprint density at radius 1 is 1.12 bits per heavy atom. The van der Waals surface area contributed by atoms with Gasteiger partial charge in [0.25, 0.3) is 0 Å². The van der Waals surface area contributed by atoms with Crippen molar-refractivity contribution >= 4 is 10.8 Å². The molecule has 0 spiro atoms. The van der Waals surface area contributed by atoms with Gasteiger partial charge in [0, 0.05) is 6.54 Å². The number of hydrogen-bond acceptors (Lipinski definition) is 1. The molecule has 0 atom stereocenters. The molecule has 0 saturated carbocycles. The van der Waals surface area contributed by atoms with Crippen molar-refractivity contribution in [2.75, 3.05) is 0 Å². The second-order valence-corrected chi connectivity index (χ2v) is 4.28. The van der Waals surface area contributed by atoms with Crippen molar-refractivity contribution in [2.45, 2.75) is 32.7 Å². The van der Waals surface area contributed by atoms with Crippen LogP contribution in [0.3, 0.4) is 0 Å². The summed E-state index contributed by atoms with van der Waals surface area (Å²) in [7, 11) is 0. The lowest BCUT2D eigenvalue weighted by Gasteiger charge is -2.07. The summed E-state index contributed by atoms with van der Waals surface area (Å²) >= 11 is 0. The second-order valence-electron chi connectivity index (χ2n) is 4.28. The van der Waals surface area contributed by atoms with Crippen LogP contribution in [-0.4, -0.2) is 0 Å². The molecule has 1 heteroatoms. The molecule has 0 aliphatic carbocycles. The number of aryl methyl sites for hydroxylation is 1. The summed E-state index contributed by atoms with van der Waals surface area (Å²) < 4.78 is 0. The number of rotatable bonds is 4. The minimum Gasteiger partial charge on any atom is -0.326 e. The van der Waals surface area contributed by atoms with Crippen LogP contribution in [0, 0.1) is 0 Å². The molecule has 1 nitrogen and oxygen atoms in total. The monoisotopic (exact) mass is 213 g/mol. The molecule has 0 aliphatic heterocycles. The fourth-order valence-electron chi connectivity index (χ4n) is 2.10. The number of hydrogen-bond donors (Lipinski definition) is 1. The molecular weight excluding hydrogens is 194 g/mol. The highest BCUT2D eigenvalue weighted by Crippen LogP contribution is 2.21. The molecule has 0 saturated heterocycles. The van der Waals surface area contributed by atoms with Crippen LogP contribution in [0.15, 0.2) is 36.4 Å². The molecule has 0 bridgehead atoms. The van der Waals surface area contributed by atoms with Crippen molar-refractivity contribution < 1.29 is 0 Å². The third-order valence-electron chi connectivity index (χ3n) is 3.08. The summed E-state index contributed by atoms with van der Waals surface area (Å²) in [5.74, 6) is 0. The van der Waals surface area contributed by atoms with Gasteiger partial charge in [-0.05, 0) is 34.7 Å². The standard InChI is InChI=1S/C15H19N/c1-2-3-5-12-8-9-13-6-4-7-14(11-16)15(13)10-12/h4,6-10H,2-3,5,11,16H2,1H3. The minimum absolute atomic E-state index is 0.620. The quantitative estimate of drug-likeness (QED) is 0.824. The first-order valence-electron chi connectivity index (χ1n) is 6.05. The van der Waals surface area contributed by atoms with E-state index in [2.05, 4.69) is 43.3 Å². The lowest BCUT2D eigenvalue weighted by atomic mass is 9.99. The number of fused-ring (bicyclic) bond motifs is 1. The molecule has 0 aliphatic rings. The van der Waals surface area contributed by atoms with Gasteiger partial charge in [-0.15, -0.1) is 0 Å². The van der Waals surface area contributed by atoms with Gasteiger partial charge in [0.1, 0.15) is 0 Å². The molecule has 0 aromatic heterocycles. The van der Waals surface area contributed by atoms with Gasteiger partial charge < -0.3 is 5.73 Å². The van der Waals surface area contributed by atoms with Crippen LogP contribution >= 0.6 is 0 Å². The van der Waals surface area contributed by atoms with E-state index in [-0.39, 0.29) is 0 Å². The summed E-state index contributed by atoms with van der Waals surface area (Å²) in [4.78, 5) is 0. The summed E-state index contributed by atoms with van der Waals surface area (Å²) in [6.07, 6.45) is 3.68. The molecule has 0 fully saturated rings. The zero-order chi connectivity index (χ0) is 11.4. The van der Waals surface area contributed by atoms with E-state index in [4.69, 9.17) is 5.73 Å². The molecule has 2 aromatic rings. The van der Waals surface area contributed by atoms with Crippen molar-refractivity contribution in [2.24, 2.45) is 5.73 Å². The van der Waals surface area contributed by atoms with Gasteiger partial charge in [-0.3, -0.25) is 0 Å². The maximum absolute atomic E-state index is 5.77. The fourth-order valence-corrected chi connectivity index (χ4v) is 2.10. The first-order valence-corrected chi connectivity index (χ1v) is 6.05. The topological polar surface area (TPSA) is 26.0 Å². The molecule has 0 unspecified atom stereocenters. The summed E-state index contributed by atoms with van der Waals surface area (Å²) in [5, 5.41) is 2.61. The highest BCUT2D eigenvalue weighted by molar-refractivity contribution is 5.86. The Morgan fingerprint density at radius 2 is 2.00 bits per heavy atom. The van der Waals surface area contributed by atoms with E-state index in [1.807, 2.05) is 0 Å². The lowest BCUT2D eigenvalue weighted by Crippen LogP contribution is -1.97. The van der Waals surface area contributed by atoms with E-state index < -0.39 is 0 Å². The van der Waals surface area contributed by atoms with Crippen molar-refractivity contribution in [1.29, 1.82) is 0 Å². The molecule has 16 heavy (non-hydrogen) atoms. The van der Waals surface area contributed by atoms with Gasteiger partial charge in [0.05, 0.1) is 0 Å². The zero-order valence-corrected chi connectivity index (χ0v) is 9.87. The van der Waals surface area contributed by atoms with E-state index in [1.165, 1.54) is 41.2 Å². The molecule has 0 radical (unpaired) electrons. The molecule has 0 heterocycles. The largest absolute Gasteiger partial charge is 0.326 e. The molecule has 2 N–H and O–H groups in total. The van der Waals surface area contributed by atoms with Gasteiger partial charge in [-0.2, -0.15) is 0 Å². The van der Waals surface area contributed by atoms with Crippen molar-refractivity contribution in [1.82, 2.24) is 0 Å². The van der Waals surface area contributed by atoms with Crippen LogP contribution in [0.25, 0.3) is 10.8 Å². The Hall–Kier alpha value is -1.34. The number of unbranched alkanes of at least 4 members (excludes halogenated alkanes) is 1. The van der Waals surface area contributed by atoms with Gasteiger partial charge in [-0.25, -0.2) is 0 Å². The average molecular weight is 213 g/mol. The predicted molar refractivity (Wildman–Crippen MR) is 70.5 cm³/mol. The van der Waals surface area contributed by atoms with Crippen LogP contribution in [0.4, 0.5) is 0 Å².